The van der Waals surface area contributed by atoms with Gasteiger partial charge in [-0.2, -0.15) is 0 Å². The standard InChI is InChI=1S/C42H34O2/c1-6-13-36-25(2)27-17-11-19-34(40(27)43-36)39-30-16-8-7-15-29(30)38(31-23-22-26(24-35(31)39)42(3,4)5)33-20-12-18-32-28-14-9-10-21-37(28)44-41(32)33/h6-24H,1-5H3. The molecule has 0 aliphatic rings. The van der Waals surface area contributed by atoms with Gasteiger partial charge in [0.25, 0.3) is 0 Å². The summed E-state index contributed by atoms with van der Waals surface area (Å²) in [5.41, 5.74) is 9.83. The molecule has 0 N–H and O–H groups in total. The highest BCUT2D eigenvalue weighted by Gasteiger charge is 2.24. The molecule has 0 fully saturated rings. The number of allylic oxidation sites excluding steroid dienone is 1. The number of rotatable bonds is 3. The second-order valence-electron chi connectivity index (χ2n) is 12.9. The van der Waals surface area contributed by atoms with Crippen molar-refractivity contribution in [3.8, 4) is 22.3 Å². The van der Waals surface area contributed by atoms with Crippen LogP contribution in [0.1, 0.15) is 44.6 Å². The Labute approximate surface area is 257 Å². The third-order valence-electron chi connectivity index (χ3n) is 9.15. The van der Waals surface area contributed by atoms with E-state index in [4.69, 9.17) is 8.83 Å². The lowest BCUT2D eigenvalue weighted by Gasteiger charge is -2.23. The van der Waals surface area contributed by atoms with E-state index in [1.165, 1.54) is 38.2 Å². The molecule has 0 spiro atoms. The highest BCUT2D eigenvalue weighted by atomic mass is 16.3. The Hall–Kier alpha value is -5.08. The molecule has 0 atom stereocenters. The first kappa shape index (κ1) is 26.5. The zero-order valence-corrected chi connectivity index (χ0v) is 25.8. The molecule has 6 aromatic carbocycles. The minimum atomic E-state index is -0.0115. The number of hydrogen-bond acceptors (Lipinski definition) is 2. The fraction of sp³-hybridized carbons (Fsp3) is 0.143. The number of furan rings is 2. The monoisotopic (exact) mass is 570 g/mol. The smallest absolute Gasteiger partial charge is 0.143 e. The lowest BCUT2D eigenvalue weighted by Crippen LogP contribution is -2.10. The molecule has 44 heavy (non-hydrogen) atoms. The van der Waals surface area contributed by atoms with Gasteiger partial charge in [-0.05, 0) is 64.6 Å². The van der Waals surface area contributed by atoms with Crippen LogP contribution in [0.2, 0.25) is 0 Å². The highest BCUT2D eigenvalue weighted by molar-refractivity contribution is 6.25. The first-order valence-corrected chi connectivity index (χ1v) is 15.4. The molecule has 0 saturated carbocycles. The van der Waals surface area contributed by atoms with E-state index in [-0.39, 0.29) is 5.41 Å². The van der Waals surface area contributed by atoms with Gasteiger partial charge in [0.2, 0.25) is 0 Å². The Kier molecular flexibility index (Phi) is 5.86. The summed E-state index contributed by atoms with van der Waals surface area (Å²) < 4.78 is 13.2. The van der Waals surface area contributed by atoms with Gasteiger partial charge < -0.3 is 8.83 Å². The predicted octanol–water partition coefficient (Wildman–Crippen LogP) is 12.6. The minimum absolute atomic E-state index is 0.0115. The second kappa shape index (κ2) is 9.72. The van der Waals surface area contributed by atoms with Gasteiger partial charge in [-0.25, -0.2) is 0 Å². The summed E-state index contributed by atoms with van der Waals surface area (Å²) in [6.07, 6.45) is 4.10. The average Bonchev–Trinajstić information content (AvgIpc) is 3.57. The van der Waals surface area contributed by atoms with Crippen molar-refractivity contribution in [2.24, 2.45) is 0 Å². The topological polar surface area (TPSA) is 26.3 Å². The second-order valence-corrected chi connectivity index (χ2v) is 12.9. The molecule has 2 heterocycles. The zero-order valence-electron chi connectivity index (χ0n) is 25.8. The van der Waals surface area contributed by atoms with Gasteiger partial charge in [0.15, 0.2) is 0 Å². The van der Waals surface area contributed by atoms with Crippen molar-refractivity contribution in [1.29, 1.82) is 0 Å². The normalized spacial score (nSPS) is 12.6. The van der Waals surface area contributed by atoms with Gasteiger partial charge in [-0.1, -0.05) is 118 Å². The Morgan fingerprint density at radius 3 is 1.80 bits per heavy atom. The van der Waals surface area contributed by atoms with Crippen LogP contribution in [0.3, 0.4) is 0 Å². The first-order valence-electron chi connectivity index (χ1n) is 15.4. The molecule has 2 nitrogen and oxygen atoms in total. The number of hydrogen-bond donors (Lipinski definition) is 0. The molecule has 8 aromatic rings. The Balaban J connectivity index is 1.57. The fourth-order valence-corrected chi connectivity index (χ4v) is 6.94. The van der Waals surface area contributed by atoms with E-state index < -0.39 is 0 Å². The largest absolute Gasteiger partial charge is 0.456 e. The summed E-state index contributed by atoms with van der Waals surface area (Å²) >= 11 is 0. The Morgan fingerprint density at radius 1 is 0.545 bits per heavy atom. The van der Waals surface area contributed by atoms with Crippen LogP contribution in [0, 0.1) is 6.92 Å². The molecular weight excluding hydrogens is 536 g/mol. The maximum absolute atomic E-state index is 6.62. The van der Waals surface area contributed by atoms with Crippen LogP contribution in [0.4, 0.5) is 0 Å². The maximum Gasteiger partial charge on any atom is 0.143 e. The van der Waals surface area contributed by atoms with Crippen LogP contribution in [0.15, 0.2) is 118 Å². The van der Waals surface area contributed by atoms with Gasteiger partial charge >= 0.3 is 0 Å². The van der Waals surface area contributed by atoms with Crippen molar-refractivity contribution < 1.29 is 8.83 Å². The molecule has 0 unspecified atom stereocenters. The molecule has 8 rings (SSSR count). The molecule has 0 radical (unpaired) electrons. The summed E-state index contributed by atoms with van der Waals surface area (Å²) in [5, 5.41) is 8.24. The Morgan fingerprint density at radius 2 is 1.11 bits per heavy atom. The van der Waals surface area contributed by atoms with Gasteiger partial charge in [0.1, 0.15) is 22.5 Å². The summed E-state index contributed by atoms with van der Waals surface area (Å²) in [4.78, 5) is 0. The lowest BCUT2D eigenvalue weighted by molar-refractivity contribution is 0.591. The van der Waals surface area contributed by atoms with Crippen LogP contribution in [0.25, 0.3) is 82.8 Å². The average molecular weight is 571 g/mol. The van der Waals surface area contributed by atoms with Gasteiger partial charge in [-0.3, -0.25) is 0 Å². The molecule has 2 aromatic heterocycles. The summed E-state index contributed by atoms with van der Waals surface area (Å²) in [7, 11) is 0. The summed E-state index contributed by atoms with van der Waals surface area (Å²) in [6, 6.07) is 37.2. The third-order valence-corrected chi connectivity index (χ3v) is 9.15. The number of aryl methyl sites for hydroxylation is 1. The lowest BCUT2D eigenvalue weighted by atomic mass is 9.81. The SMILES string of the molecule is CC=Cc1oc2c(-c3c4ccccc4c(-c4cccc5c4oc4ccccc45)c4ccc(C(C)(C)C)cc34)cccc2c1C. The van der Waals surface area contributed by atoms with Crippen molar-refractivity contribution >= 4 is 60.5 Å². The van der Waals surface area contributed by atoms with Crippen LogP contribution < -0.4 is 0 Å². The molecule has 0 saturated heterocycles. The quantitative estimate of drug-likeness (QED) is 0.198. The van der Waals surface area contributed by atoms with Crippen molar-refractivity contribution in [3.05, 3.63) is 126 Å². The maximum atomic E-state index is 6.62. The fourth-order valence-electron chi connectivity index (χ4n) is 6.94. The van der Waals surface area contributed by atoms with E-state index in [0.29, 0.717) is 0 Å². The van der Waals surface area contributed by atoms with E-state index >= 15 is 0 Å². The molecule has 214 valence electrons. The van der Waals surface area contributed by atoms with E-state index in [1.807, 2.05) is 19.1 Å². The molecule has 0 bridgehead atoms. The van der Waals surface area contributed by atoms with Gasteiger partial charge in [-0.15, -0.1) is 0 Å². The van der Waals surface area contributed by atoms with E-state index in [9.17, 15) is 0 Å². The third kappa shape index (κ3) is 3.87. The van der Waals surface area contributed by atoms with E-state index in [1.54, 1.807) is 0 Å². The number of benzene rings is 6. The minimum Gasteiger partial charge on any atom is -0.456 e. The number of para-hydroxylation sites is 3. The van der Waals surface area contributed by atoms with Crippen molar-refractivity contribution in [2.75, 3.05) is 0 Å². The van der Waals surface area contributed by atoms with Gasteiger partial charge in [0.05, 0.1) is 0 Å². The van der Waals surface area contributed by atoms with Crippen molar-refractivity contribution in [2.45, 2.75) is 40.0 Å². The molecule has 0 amide bonds. The Bertz CT molecular complexity index is 2440. The first-order chi connectivity index (χ1) is 21.3. The van der Waals surface area contributed by atoms with Gasteiger partial charge in [0, 0.05) is 44.0 Å². The predicted molar refractivity (Wildman–Crippen MR) is 188 cm³/mol. The molecule has 0 aliphatic carbocycles. The van der Waals surface area contributed by atoms with Crippen LogP contribution in [0.5, 0.6) is 0 Å². The molecular formula is C42H34O2. The van der Waals surface area contributed by atoms with Crippen molar-refractivity contribution in [3.63, 3.8) is 0 Å². The number of fused-ring (bicyclic) bond motifs is 6. The van der Waals surface area contributed by atoms with Crippen LogP contribution in [-0.2, 0) is 5.41 Å². The van der Waals surface area contributed by atoms with Crippen molar-refractivity contribution in [1.82, 2.24) is 0 Å². The zero-order chi connectivity index (χ0) is 30.2. The van der Waals surface area contributed by atoms with Crippen LogP contribution >= 0.6 is 0 Å². The van der Waals surface area contributed by atoms with Crippen LogP contribution in [-0.4, -0.2) is 0 Å². The molecule has 0 aliphatic heterocycles. The summed E-state index contributed by atoms with van der Waals surface area (Å²) in [6.45, 7) is 11.0. The molecule has 2 heteroatoms. The van der Waals surface area contributed by atoms with E-state index in [2.05, 4.69) is 131 Å². The highest BCUT2D eigenvalue weighted by Crippen LogP contribution is 2.48. The van der Waals surface area contributed by atoms with E-state index in [0.717, 1.165) is 55.4 Å². The summed E-state index contributed by atoms with van der Waals surface area (Å²) in [5.74, 6) is 0.909.